The van der Waals surface area contributed by atoms with Crippen LogP contribution in [0.4, 0.5) is 0 Å². The predicted molar refractivity (Wildman–Crippen MR) is 70.2 cm³/mol. The second-order valence-electron chi connectivity index (χ2n) is 4.91. The van der Waals surface area contributed by atoms with Crippen LogP contribution in [0.2, 0.25) is 0 Å². The van der Waals surface area contributed by atoms with E-state index < -0.39 is 5.60 Å². The van der Waals surface area contributed by atoms with Crippen molar-refractivity contribution in [2.45, 2.75) is 24.9 Å². The van der Waals surface area contributed by atoms with Gasteiger partial charge < -0.3 is 10.1 Å². The number of hydrogen-bond donors (Lipinski definition) is 2. The number of benzene rings is 1. The molecule has 1 aromatic carbocycles. The molecule has 0 radical (unpaired) electrons. The number of rotatable bonds is 2. The molecular formula is C15H15NO2. The number of pyridine rings is 1. The molecule has 1 heterocycles. The number of H-pyrrole nitrogens is 1. The monoisotopic (exact) mass is 241 g/mol. The molecule has 1 aromatic heterocycles. The van der Waals surface area contributed by atoms with Crippen LogP contribution in [0.3, 0.4) is 0 Å². The first kappa shape index (κ1) is 11.2. The second kappa shape index (κ2) is 4.10. The molecule has 2 aromatic rings. The summed E-state index contributed by atoms with van der Waals surface area (Å²) in [7, 11) is 0. The van der Waals surface area contributed by atoms with Crippen LogP contribution in [0.15, 0.2) is 47.4 Å². The lowest BCUT2D eigenvalue weighted by atomic mass is 9.75. The maximum atomic E-state index is 11.3. The highest BCUT2D eigenvalue weighted by Crippen LogP contribution is 2.41. The standard InChI is InChI=1S/C15H15NO2/c17-14-10-12(5-8-16-14)11-3-1-4-13(9-11)15(18)6-2-7-15/h1,3-5,8-10,18H,2,6-7H2,(H,16,17). The van der Waals surface area contributed by atoms with E-state index in [0.717, 1.165) is 36.0 Å². The topological polar surface area (TPSA) is 53.1 Å². The summed E-state index contributed by atoms with van der Waals surface area (Å²) in [6, 6.07) is 11.3. The van der Waals surface area contributed by atoms with E-state index in [0.29, 0.717) is 0 Å². The van der Waals surface area contributed by atoms with Gasteiger partial charge in [-0.05, 0) is 48.1 Å². The summed E-state index contributed by atoms with van der Waals surface area (Å²) in [6.07, 6.45) is 4.37. The molecule has 1 saturated carbocycles. The Morgan fingerprint density at radius 3 is 2.56 bits per heavy atom. The van der Waals surface area contributed by atoms with E-state index in [-0.39, 0.29) is 5.56 Å². The first-order valence-electron chi connectivity index (χ1n) is 6.19. The van der Waals surface area contributed by atoms with E-state index in [9.17, 15) is 9.90 Å². The minimum atomic E-state index is -0.656. The zero-order valence-corrected chi connectivity index (χ0v) is 10.0. The fourth-order valence-electron chi connectivity index (χ4n) is 2.41. The summed E-state index contributed by atoms with van der Waals surface area (Å²) in [4.78, 5) is 13.9. The molecule has 0 amide bonds. The quantitative estimate of drug-likeness (QED) is 0.848. The average Bonchev–Trinajstić information content (AvgIpc) is 2.36. The number of aromatic amines is 1. The van der Waals surface area contributed by atoms with Gasteiger partial charge in [0.2, 0.25) is 5.56 Å². The minimum Gasteiger partial charge on any atom is -0.385 e. The Labute approximate surface area is 105 Å². The van der Waals surface area contributed by atoms with Gasteiger partial charge in [0.1, 0.15) is 0 Å². The van der Waals surface area contributed by atoms with Gasteiger partial charge in [0.15, 0.2) is 0 Å². The lowest BCUT2D eigenvalue weighted by molar-refractivity contribution is -0.0387. The Bertz CT molecular complexity index is 626. The molecule has 3 heteroatoms. The van der Waals surface area contributed by atoms with Crippen molar-refractivity contribution in [2.75, 3.05) is 0 Å². The Kier molecular flexibility index (Phi) is 2.56. The van der Waals surface area contributed by atoms with E-state index in [1.807, 2.05) is 30.3 Å². The zero-order chi connectivity index (χ0) is 12.6. The maximum absolute atomic E-state index is 11.3. The largest absolute Gasteiger partial charge is 0.385 e. The Balaban J connectivity index is 2.03. The molecule has 1 fully saturated rings. The van der Waals surface area contributed by atoms with E-state index >= 15 is 0 Å². The van der Waals surface area contributed by atoms with Gasteiger partial charge in [0.05, 0.1) is 5.60 Å². The molecule has 3 rings (SSSR count). The van der Waals surface area contributed by atoms with Crippen molar-refractivity contribution in [1.82, 2.24) is 4.98 Å². The lowest BCUT2D eigenvalue weighted by Gasteiger charge is -2.37. The van der Waals surface area contributed by atoms with Crippen molar-refractivity contribution >= 4 is 0 Å². The maximum Gasteiger partial charge on any atom is 0.248 e. The molecule has 0 aliphatic heterocycles. The number of aromatic nitrogens is 1. The van der Waals surface area contributed by atoms with E-state index in [1.165, 1.54) is 0 Å². The SMILES string of the molecule is O=c1cc(-c2cccc(C3(O)CCC3)c2)cc[nH]1. The highest BCUT2D eigenvalue weighted by Gasteiger charge is 2.36. The molecule has 18 heavy (non-hydrogen) atoms. The number of hydrogen-bond acceptors (Lipinski definition) is 2. The fraction of sp³-hybridized carbons (Fsp3) is 0.267. The molecule has 92 valence electrons. The summed E-state index contributed by atoms with van der Waals surface area (Å²) < 4.78 is 0. The highest BCUT2D eigenvalue weighted by atomic mass is 16.3. The number of nitrogens with one attached hydrogen (secondary N) is 1. The normalized spacial score (nSPS) is 17.2. The van der Waals surface area contributed by atoms with E-state index in [4.69, 9.17) is 0 Å². The van der Waals surface area contributed by atoms with Crippen LogP contribution in [0, 0.1) is 0 Å². The first-order chi connectivity index (χ1) is 8.67. The summed E-state index contributed by atoms with van der Waals surface area (Å²) in [6.45, 7) is 0. The van der Waals surface area contributed by atoms with Crippen LogP contribution < -0.4 is 5.56 Å². The summed E-state index contributed by atoms with van der Waals surface area (Å²) in [5.41, 5.74) is 2.03. The van der Waals surface area contributed by atoms with Crippen molar-refractivity contribution in [2.24, 2.45) is 0 Å². The van der Waals surface area contributed by atoms with Crippen LogP contribution in [-0.4, -0.2) is 10.1 Å². The van der Waals surface area contributed by atoms with Crippen molar-refractivity contribution in [3.63, 3.8) is 0 Å². The average molecular weight is 241 g/mol. The van der Waals surface area contributed by atoms with Crippen LogP contribution in [0.1, 0.15) is 24.8 Å². The van der Waals surface area contributed by atoms with Gasteiger partial charge in [-0.3, -0.25) is 4.79 Å². The lowest BCUT2D eigenvalue weighted by Crippen LogP contribution is -2.33. The Morgan fingerprint density at radius 2 is 1.89 bits per heavy atom. The van der Waals surface area contributed by atoms with Gasteiger partial charge in [-0.25, -0.2) is 0 Å². The van der Waals surface area contributed by atoms with Gasteiger partial charge >= 0.3 is 0 Å². The van der Waals surface area contributed by atoms with Crippen LogP contribution in [0.5, 0.6) is 0 Å². The third kappa shape index (κ3) is 1.87. The van der Waals surface area contributed by atoms with E-state index in [2.05, 4.69) is 4.98 Å². The van der Waals surface area contributed by atoms with Crippen LogP contribution in [0.25, 0.3) is 11.1 Å². The van der Waals surface area contributed by atoms with Crippen LogP contribution in [-0.2, 0) is 5.60 Å². The van der Waals surface area contributed by atoms with Gasteiger partial charge in [0, 0.05) is 12.3 Å². The predicted octanol–water partition coefficient (Wildman–Crippen LogP) is 2.41. The summed E-state index contributed by atoms with van der Waals surface area (Å²) in [5, 5.41) is 10.3. The molecule has 0 saturated heterocycles. The molecule has 0 spiro atoms. The third-order valence-electron chi connectivity index (χ3n) is 3.69. The van der Waals surface area contributed by atoms with E-state index in [1.54, 1.807) is 12.3 Å². The van der Waals surface area contributed by atoms with Crippen molar-refractivity contribution in [3.05, 3.63) is 58.5 Å². The van der Waals surface area contributed by atoms with Gasteiger partial charge in [-0.15, -0.1) is 0 Å². The van der Waals surface area contributed by atoms with Gasteiger partial charge in [-0.2, -0.15) is 0 Å². The molecule has 1 aliphatic carbocycles. The Morgan fingerprint density at radius 1 is 1.11 bits per heavy atom. The smallest absolute Gasteiger partial charge is 0.248 e. The molecule has 0 unspecified atom stereocenters. The Hall–Kier alpha value is -1.87. The van der Waals surface area contributed by atoms with Crippen LogP contribution >= 0.6 is 0 Å². The molecule has 3 nitrogen and oxygen atoms in total. The summed E-state index contributed by atoms with van der Waals surface area (Å²) in [5.74, 6) is 0. The molecule has 2 N–H and O–H groups in total. The minimum absolute atomic E-state index is 0.111. The molecule has 0 bridgehead atoms. The first-order valence-corrected chi connectivity index (χ1v) is 6.19. The third-order valence-corrected chi connectivity index (χ3v) is 3.69. The zero-order valence-electron chi connectivity index (χ0n) is 10.0. The van der Waals surface area contributed by atoms with Gasteiger partial charge in [0.25, 0.3) is 0 Å². The molecule has 0 atom stereocenters. The summed E-state index contributed by atoms with van der Waals surface area (Å²) >= 11 is 0. The number of aliphatic hydroxyl groups is 1. The molecular weight excluding hydrogens is 226 g/mol. The fourth-order valence-corrected chi connectivity index (χ4v) is 2.41. The van der Waals surface area contributed by atoms with Gasteiger partial charge in [-0.1, -0.05) is 18.2 Å². The van der Waals surface area contributed by atoms with Crippen molar-refractivity contribution in [3.8, 4) is 11.1 Å². The highest BCUT2D eigenvalue weighted by molar-refractivity contribution is 5.63. The second-order valence-corrected chi connectivity index (χ2v) is 4.91. The van der Waals surface area contributed by atoms with Crippen molar-refractivity contribution < 1.29 is 5.11 Å². The van der Waals surface area contributed by atoms with Crippen molar-refractivity contribution in [1.29, 1.82) is 0 Å². The molecule has 1 aliphatic rings.